The van der Waals surface area contributed by atoms with E-state index in [-0.39, 0.29) is 12.5 Å². The highest BCUT2D eigenvalue weighted by molar-refractivity contribution is 5.79. The van der Waals surface area contributed by atoms with Crippen LogP contribution in [-0.2, 0) is 11.2 Å². The van der Waals surface area contributed by atoms with Crippen molar-refractivity contribution in [3.63, 3.8) is 0 Å². The van der Waals surface area contributed by atoms with Gasteiger partial charge in [0.1, 0.15) is 17.1 Å². The number of carbonyl (C=O) groups is 1. The van der Waals surface area contributed by atoms with E-state index in [4.69, 9.17) is 13.9 Å². The van der Waals surface area contributed by atoms with Crippen LogP contribution < -0.4 is 20.4 Å². The lowest BCUT2D eigenvalue weighted by atomic mass is 10.1. The summed E-state index contributed by atoms with van der Waals surface area (Å²) in [7, 11) is 1.62. The van der Waals surface area contributed by atoms with Crippen LogP contribution in [0.2, 0.25) is 0 Å². The third kappa shape index (κ3) is 4.42. The minimum absolute atomic E-state index is 0.117. The molecule has 0 atom stereocenters. The van der Waals surface area contributed by atoms with Gasteiger partial charge in [-0.1, -0.05) is 18.2 Å². The summed E-state index contributed by atoms with van der Waals surface area (Å²) in [6.07, 6.45) is 0.664. The van der Waals surface area contributed by atoms with Gasteiger partial charge < -0.3 is 19.2 Å². The molecule has 0 aliphatic heterocycles. The van der Waals surface area contributed by atoms with Crippen molar-refractivity contribution in [2.24, 2.45) is 0 Å². The molecule has 0 unspecified atom stereocenters. The zero-order chi connectivity index (χ0) is 18.4. The van der Waals surface area contributed by atoms with Gasteiger partial charge in [0.05, 0.1) is 7.11 Å². The Labute approximate surface area is 150 Å². The molecule has 0 saturated carbocycles. The molecular weight excluding hydrogens is 334 g/mol. The molecule has 134 valence electrons. The zero-order valence-electron chi connectivity index (χ0n) is 14.4. The Morgan fingerprint density at radius 1 is 1.12 bits per heavy atom. The van der Waals surface area contributed by atoms with Crippen LogP contribution in [0.4, 0.5) is 0 Å². The average molecular weight is 353 g/mol. The Kier molecular flexibility index (Phi) is 5.53. The Morgan fingerprint density at radius 3 is 2.77 bits per heavy atom. The van der Waals surface area contributed by atoms with E-state index in [1.807, 2.05) is 24.3 Å². The molecule has 0 spiro atoms. The number of rotatable bonds is 7. The number of nitrogens with one attached hydrogen (secondary N) is 1. The maximum absolute atomic E-state index is 11.9. The fourth-order valence-electron chi connectivity index (χ4n) is 2.58. The monoisotopic (exact) mass is 353 g/mol. The third-order valence-electron chi connectivity index (χ3n) is 3.87. The summed E-state index contributed by atoms with van der Waals surface area (Å²) in [5, 5.41) is 3.60. The van der Waals surface area contributed by atoms with Gasteiger partial charge >= 0.3 is 5.63 Å². The average Bonchev–Trinajstić information content (AvgIpc) is 2.66. The minimum atomic E-state index is -0.427. The predicted octanol–water partition coefficient (Wildman–Crippen LogP) is 2.54. The van der Waals surface area contributed by atoms with Gasteiger partial charge in [0.15, 0.2) is 6.61 Å². The first kappa shape index (κ1) is 17.5. The molecule has 6 heteroatoms. The highest BCUT2D eigenvalue weighted by atomic mass is 16.5. The number of hydrogen-bond donors (Lipinski definition) is 1. The quantitative estimate of drug-likeness (QED) is 0.661. The number of benzene rings is 2. The van der Waals surface area contributed by atoms with E-state index in [9.17, 15) is 9.59 Å². The van der Waals surface area contributed by atoms with E-state index < -0.39 is 5.63 Å². The molecule has 6 nitrogen and oxygen atoms in total. The fourth-order valence-corrected chi connectivity index (χ4v) is 2.58. The minimum Gasteiger partial charge on any atom is -0.496 e. The summed E-state index contributed by atoms with van der Waals surface area (Å²) >= 11 is 0. The molecule has 0 saturated heterocycles. The number of amides is 1. The summed E-state index contributed by atoms with van der Waals surface area (Å²) in [4.78, 5) is 23.2. The molecule has 0 bridgehead atoms. The Bertz CT molecular complexity index is 964. The molecule has 0 fully saturated rings. The lowest BCUT2D eigenvalue weighted by molar-refractivity contribution is -0.123. The van der Waals surface area contributed by atoms with Crippen molar-refractivity contribution in [2.45, 2.75) is 6.42 Å². The van der Waals surface area contributed by atoms with E-state index in [0.29, 0.717) is 24.3 Å². The fraction of sp³-hybridized carbons (Fsp3) is 0.200. The lowest BCUT2D eigenvalue weighted by Crippen LogP contribution is -2.30. The van der Waals surface area contributed by atoms with Gasteiger partial charge in [-0.25, -0.2) is 4.79 Å². The Morgan fingerprint density at radius 2 is 1.92 bits per heavy atom. The molecule has 0 aliphatic rings. The van der Waals surface area contributed by atoms with E-state index >= 15 is 0 Å². The van der Waals surface area contributed by atoms with Crippen LogP contribution >= 0.6 is 0 Å². The number of carbonyl (C=O) groups excluding carboxylic acids is 1. The summed E-state index contributed by atoms with van der Waals surface area (Å²) in [6.45, 7) is 0.365. The van der Waals surface area contributed by atoms with Crippen LogP contribution in [-0.4, -0.2) is 26.2 Å². The lowest BCUT2D eigenvalue weighted by Gasteiger charge is -2.10. The highest BCUT2D eigenvalue weighted by Crippen LogP contribution is 2.19. The van der Waals surface area contributed by atoms with E-state index in [1.54, 1.807) is 31.4 Å². The second-order valence-electron chi connectivity index (χ2n) is 5.65. The first-order chi connectivity index (χ1) is 12.7. The van der Waals surface area contributed by atoms with Crippen molar-refractivity contribution in [3.8, 4) is 11.5 Å². The van der Waals surface area contributed by atoms with Crippen LogP contribution in [0.5, 0.6) is 11.5 Å². The summed E-state index contributed by atoms with van der Waals surface area (Å²) in [6, 6.07) is 15.8. The van der Waals surface area contributed by atoms with Gasteiger partial charge in [0.25, 0.3) is 5.91 Å². The van der Waals surface area contributed by atoms with E-state index in [0.717, 1.165) is 16.7 Å². The molecule has 0 aliphatic carbocycles. The standard InChI is InChI=1S/C20H19NO5/c1-24-17-5-3-2-4-14(17)10-11-21-19(22)13-25-16-8-6-15-7-9-20(23)26-18(15)12-16/h2-9,12H,10-11,13H2,1H3,(H,21,22). The second kappa shape index (κ2) is 8.20. The van der Waals surface area contributed by atoms with E-state index in [2.05, 4.69) is 5.32 Å². The van der Waals surface area contributed by atoms with Crippen molar-refractivity contribution < 1.29 is 18.7 Å². The number of methoxy groups -OCH3 is 1. The first-order valence-corrected chi connectivity index (χ1v) is 8.21. The molecular formula is C20H19NO5. The number of hydrogen-bond acceptors (Lipinski definition) is 5. The van der Waals surface area contributed by atoms with Crippen LogP contribution in [0, 0.1) is 0 Å². The smallest absolute Gasteiger partial charge is 0.336 e. The van der Waals surface area contributed by atoms with Crippen molar-refractivity contribution >= 4 is 16.9 Å². The summed E-state index contributed by atoms with van der Waals surface area (Å²) in [5.74, 6) is 1.04. The van der Waals surface area contributed by atoms with Crippen LogP contribution in [0.25, 0.3) is 11.0 Å². The normalized spacial score (nSPS) is 10.5. The summed E-state index contributed by atoms with van der Waals surface area (Å²) < 4.78 is 15.8. The van der Waals surface area contributed by atoms with Crippen molar-refractivity contribution in [3.05, 3.63) is 70.6 Å². The van der Waals surface area contributed by atoms with Gasteiger partial charge in [-0.2, -0.15) is 0 Å². The largest absolute Gasteiger partial charge is 0.496 e. The summed E-state index contributed by atoms with van der Waals surface area (Å²) in [5.41, 5.74) is 1.02. The Hall–Kier alpha value is -3.28. The van der Waals surface area contributed by atoms with E-state index in [1.165, 1.54) is 6.07 Å². The molecule has 1 heterocycles. The number of para-hydroxylation sites is 1. The maximum atomic E-state index is 11.9. The van der Waals surface area contributed by atoms with Crippen LogP contribution in [0.3, 0.4) is 0 Å². The van der Waals surface area contributed by atoms with Crippen LogP contribution in [0.1, 0.15) is 5.56 Å². The van der Waals surface area contributed by atoms with Gasteiger partial charge in [0, 0.05) is 24.1 Å². The molecule has 26 heavy (non-hydrogen) atoms. The molecule has 0 radical (unpaired) electrons. The predicted molar refractivity (Wildman–Crippen MR) is 97.7 cm³/mol. The Balaban J connectivity index is 1.50. The van der Waals surface area contributed by atoms with Crippen molar-refractivity contribution in [1.82, 2.24) is 5.32 Å². The van der Waals surface area contributed by atoms with Gasteiger partial charge in [0.2, 0.25) is 0 Å². The van der Waals surface area contributed by atoms with Crippen LogP contribution in [0.15, 0.2) is 63.8 Å². The third-order valence-corrected chi connectivity index (χ3v) is 3.87. The first-order valence-electron chi connectivity index (χ1n) is 8.21. The molecule has 1 amide bonds. The number of fused-ring (bicyclic) bond motifs is 1. The SMILES string of the molecule is COc1ccccc1CCNC(=O)COc1ccc2ccc(=O)oc2c1. The number of ether oxygens (including phenoxy) is 2. The van der Waals surface area contributed by atoms with Crippen molar-refractivity contribution in [1.29, 1.82) is 0 Å². The van der Waals surface area contributed by atoms with Gasteiger partial charge in [-0.05, 0) is 36.2 Å². The topological polar surface area (TPSA) is 77.8 Å². The van der Waals surface area contributed by atoms with Crippen molar-refractivity contribution in [2.75, 3.05) is 20.3 Å². The molecule has 3 aromatic rings. The zero-order valence-corrected chi connectivity index (χ0v) is 14.4. The molecule has 3 rings (SSSR count). The molecule has 1 aromatic heterocycles. The second-order valence-corrected chi connectivity index (χ2v) is 5.65. The molecule has 2 aromatic carbocycles. The van der Waals surface area contributed by atoms with Gasteiger partial charge in [-0.3, -0.25) is 4.79 Å². The molecule has 1 N–H and O–H groups in total. The highest BCUT2D eigenvalue weighted by Gasteiger charge is 2.06. The van der Waals surface area contributed by atoms with Gasteiger partial charge in [-0.15, -0.1) is 0 Å². The maximum Gasteiger partial charge on any atom is 0.336 e.